The van der Waals surface area contributed by atoms with Gasteiger partial charge in [0, 0.05) is 13.5 Å². The van der Waals surface area contributed by atoms with Crippen LogP contribution in [0, 0.1) is 5.92 Å². The van der Waals surface area contributed by atoms with Gasteiger partial charge in [-0.05, 0) is 62.0 Å². The predicted octanol–water partition coefficient (Wildman–Crippen LogP) is -2.61. The third-order valence-electron chi connectivity index (χ3n) is 9.26. The van der Waals surface area contributed by atoms with Gasteiger partial charge in [-0.15, -0.1) is 0 Å². The number of nitrogens with one attached hydrogen (secondary N) is 5. The summed E-state index contributed by atoms with van der Waals surface area (Å²) in [4.78, 5) is 70.7. The minimum Gasteiger partial charge on any atom is -0.394 e. The van der Waals surface area contributed by atoms with Crippen LogP contribution in [-0.2, 0) is 28.7 Å². The summed E-state index contributed by atoms with van der Waals surface area (Å²) in [5, 5.41) is 53.9. The molecule has 2 fully saturated rings. The van der Waals surface area contributed by atoms with Crippen LogP contribution in [0.3, 0.4) is 0 Å². The van der Waals surface area contributed by atoms with Crippen LogP contribution in [0.25, 0.3) is 0 Å². The molecule has 1 aliphatic carbocycles. The zero-order valence-corrected chi connectivity index (χ0v) is 32.5. The highest BCUT2D eigenvalue weighted by Crippen LogP contribution is 2.27. The fraction of sp³-hybridized carbons (Fsp3) is 0.818. The maximum Gasteiger partial charge on any atom is 0.243 e. The summed E-state index contributed by atoms with van der Waals surface area (Å²) in [6, 6.07) is -5.76. The number of hydrogen-bond acceptors (Lipinski definition) is 13. The van der Waals surface area contributed by atoms with Crippen LogP contribution in [-0.4, -0.2) is 148 Å². The molecule has 5 amide bonds. The van der Waals surface area contributed by atoms with E-state index in [2.05, 4.69) is 31.6 Å². The molecule has 0 aromatic rings. The fourth-order valence-corrected chi connectivity index (χ4v) is 7.29. The van der Waals surface area contributed by atoms with Crippen molar-refractivity contribution in [3.8, 4) is 0 Å². The molecule has 0 spiro atoms. The van der Waals surface area contributed by atoms with Gasteiger partial charge < -0.3 is 63.2 Å². The van der Waals surface area contributed by atoms with E-state index in [0.29, 0.717) is 24.3 Å². The molecule has 1 aliphatic heterocycles. The number of rotatable bonds is 22. The minimum atomic E-state index is -1.76. The Balaban J connectivity index is 2.25. The number of hydrogen-bond donors (Lipinski definition) is 11. The van der Waals surface area contributed by atoms with Gasteiger partial charge in [0.15, 0.2) is 12.2 Å². The van der Waals surface area contributed by atoms with Crippen LogP contribution >= 0.6 is 23.5 Å². The first-order chi connectivity index (χ1) is 25.2. The quantitative estimate of drug-likeness (QED) is 0.0304. The first kappa shape index (κ1) is 46.3. The Kier molecular flexibility index (Phi) is 21.4. The van der Waals surface area contributed by atoms with Crippen LogP contribution in [0.4, 0.5) is 0 Å². The Labute approximate surface area is 319 Å². The third-order valence-corrected chi connectivity index (χ3v) is 10.6. The number of carbonyl (C=O) groups is 5. The van der Waals surface area contributed by atoms with Gasteiger partial charge in [0.2, 0.25) is 29.5 Å². The Bertz CT molecular complexity index is 1210. The number of aliphatic imine (C=N–C) groups is 1. The highest BCUT2D eigenvalue weighted by molar-refractivity contribution is 7.98. The van der Waals surface area contributed by atoms with Gasteiger partial charge in [0.25, 0.3) is 0 Å². The number of guanidine groups is 1. The molecule has 304 valence electrons. The van der Waals surface area contributed by atoms with Crippen molar-refractivity contribution in [1.82, 2.24) is 26.6 Å². The fourth-order valence-electron chi connectivity index (χ4n) is 6.35. The normalized spacial score (nSPS) is 24.1. The van der Waals surface area contributed by atoms with E-state index in [1.165, 1.54) is 30.4 Å². The summed E-state index contributed by atoms with van der Waals surface area (Å²) < 4.78 is 5.14. The van der Waals surface area contributed by atoms with Crippen LogP contribution < -0.4 is 38.1 Å². The summed E-state index contributed by atoms with van der Waals surface area (Å²) in [7, 11) is 0. The largest absolute Gasteiger partial charge is 0.394 e. The van der Waals surface area contributed by atoms with Crippen molar-refractivity contribution in [2.75, 3.05) is 37.2 Å². The van der Waals surface area contributed by atoms with Gasteiger partial charge in [0.1, 0.15) is 48.5 Å². The SMILES string of the molecule is CSCC[C@H](NC(=O)[C@H](CCSC)NC(=O)[C@H](CCCN=C(N)N)NC(=O)[C@H](CC1CCCCC1)NC(C)=O)C(=O)N[C@@H]1[C@@H](O)[C@@H](O)[C@@H](CO)O[C@@H]1O. The number of nitrogens with two attached hydrogens (primary N) is 2. The molecular formula is C33H60N8O10S2. The molecule has 0 bridgehead atoms. The molecule has 1 heterocycles. The van der Waals surface area contributed by atoms with Crippen molar-refractivity contribution in [3.05, 3.63) is 0 Å². The molecule has 53 heavy (non-hydrogen) atoms. The Morgan fingerprint density at radius 1 is 0.774 bits per heavy atom. The molecule has 9 atom stereocenters. The summed E-state index contributed by atoms with van der Waals surface area (Å²) in [6.07, 6.45) is 3.55. The van der Waals surface area contributed by atoms with Gasteiger partial charge in [-0.2, -0.15) is 23.5 Å². The Morgan fingerprint density at radius 2 is 1.30 bits per heavy atom. The van der Waals surface area contributed by atoms with Gasteiger partial charge in [0.05, 0.1) is 6.61 Å². The van der Waals surface area contributed by atoms with E-state index in [-0.39, 0.29) is 43.6 Å². The van der Waals surface area contributed by atoms with Crippen molar-refractivity contribution < 1.29 is 49.1 Å². The molecule has 20 heteroatoms. The highest BCUT2D eigenvalue weighted by atomic mass is 32.2. The molecule has 0 unspecified atom stereocenters. The number of aliphatic hydroxyl groups excluding tert-OH is 4. The lowest BCUT2D eigenvalue weighted by molar-refractivity contribution is -0.254. The van der Waals surface area contributed by atoms with Crippen LogP contribution in [0.5, 0.6) is 0 Å². The van der Waals surface area contributed by atoms with E-state index in [4.69, 9.17) is 16.2 Å². The molecule has 2 rings (SSSR count). The molecule has 0 aromatic heterocycles. The van der Waals surface area contributed by atoms with Crippen molar-refractivity contribution in [3.63, 3.8) is 0 Å². The predicted molar refractivity (Wildman–Crippen MR) is 202 cm³/mol. The average molecular weight is 793 g/mol. The number of nitrogens with zero attached hydrogens (tertiary/aromatic N) is 1. The van der Waals surface area contributed by atoms with Gasteiger partial charge >= 0.3 is 0 Å². The first-order valence-corrected chi connectivity index (χ1v) is 20.8. The number of amides is 5. The third kappa shape index (κ3) is 16.2. The maximum atomic E-state index is 13.8. The lowest BCUT2D eigenvalue weighted by Crippen LogP contribution is -2.66. The minimum absolute atomic E-state index is 0.108. The highest BCUT2D eigenvalue weighted by Gasteiger charge is 2.45. The molecule has 18 nitrogen and oxygen atoms in total. The van der Waals surface area contributed by atoms with Crippen molar-refractivity contribution in [1.29, 1.82) is 0 Å². The summed E-state index contributed by atoms with van der Waals surface area (Å²) in [6.45, 7) is 0.822. The Morgan fingerprint density at radius 3 is 1.81 bits per heavy atom. The molecule has 0 radical (unpaired) electrons. The number of carbonyl (C=O) groups excluding carboxylic acids is 5. The van der Waals surface area contributed by atoms with Gasteiger partial charge in [-0.1, -0.05) is 32.1 Å². The smallest absolute Gasteiger partial charge is 0.243 e. The van der Waals surface area contributed by atoms with E-state index in [9.17, 15) is 44.4 Å². The zero-order valence-electron chi connectivity index (χ0n) is 30.8. The average Bonchev–Trinajstić information content (AvgIpc) is 3.12. The van der Waals surface area contributed by atoms with E-state index in [0.717, 1.165) is 32.1 Å². The molecule has 0 aromatic carbocycles. The topological polar surface area (TPSA) is 300 Å². The number of thioether (sulfide) groups is 2. The lowest BCUT2D eigenvalue weighted by atomic mass is 9.84. The lowest BCUT2D eigenvalue weighted by Gasteiger charge is -2.40. The second kappa shape index (κ2) is 24.5. The zero-order chi connectivity index (χ0) is 39.5. The summed E-state index contributed by atoms with van der Waals surface area (Å²) >= 11 is 2.84. The van der Waals surface area contributed by atoms with E-state index < -0.39 is 85.0 Å². The van der Waals surface area contributed by atoms with E-state index in [1.807, 2.05) is 6.26 Å². The second-order valence-corrected chi connectivity index (χ2v) is 15.4. The Hall–Kier alpha value is -2.88. The monoisotopic (exact) mass is 792 g/mol. The molecule has 2 aliphatic rings. The molecule has 13 N–H and O–H groups in total. The molecular weight excluding hydrogens is 733 g/mol. The first-order valence-electron chi connectivity index (χ1n) is 18.0. The maximum absolute atomic E-state index is 13.8. The van der Waals surface area contributed by atoms with Crippen molar-refractivity contribution in [2.45, 2.75) is 126 Å². The molecule has 1 saturated heterocycles. The van der Waals surface area contributed by atoms with Crippen molar-refractivity contribution in [2.24, 2.45) is 22.4 Å². The van der Waals surface area contributed by atoms with Crippen LogP contribution in [0.15, 0.2) is 4.99 Å². The standard InChI is InChI=1S/C33H60N8O10S2/c1-18(43)37-23(16-19-8-5-4-6-9-19)31(49)38-20(10-7-13-36-33(34)35)28(46)39-21(11-14-52-2)29(47)40-22(12-15-53-3)30(48)41-25-27(45)26(44)24(17-42)51-32(25)50/h19-27,32,42,44-45,50H,4-17H2,1-3H3,(H,37,43)(H,38,49)(H,39,46)(H,40,47)(H,41,48)(H4,34,35,36)/t20-,21-,22-,23-,24+,25+,26-,27+,32-/m0/s1. The summed E-state index contributed by atoms with van der Waals surface area (Å²) in [5.74, 6) is -2.04. The van der Waals surface area contributed by atoms with Gasteiger partial charge in [-0.25, -0.2) is 0 Å². The van der Waals surface area contributed by atoms with E-state index >= 15 is 0 Å². The van der Waals surface area contributed by atoms with Gasteiger partial charge in [-0.3, -0.25) is 29.0 Å². The van der Waals surface area contributed by atoms with Crippen LogP contribution in [0.1, 0.15) is 71.1 Å². The number of aliphatic hydroxyl groups is 4. The van der Waals surface area contributed by atoms with Crippen LogP contribution in [0.2, 0.25) is 0 Å². The number of ether oxygens (including phenoxy) is 1. The van der Waals surface area contributed by atoms with Crippen molar-refractivity contribution >= 4 is 59.0 Å². The van der Waals surface area contributed by atoms with E-state index in [1.54, 1.807) is 6.26 Å². The summed E-state index contributed by atoms with van der Waals surface area (Å²) in [5.41, 5.74) is 10.9. The molecule has 1 saturated carbocycles. The second-order valence-electron chi connectivity index (χ2n) is 13.5.